The van der Waals surface area contributed by atoms with Gasteiger partial charge in [0, 0.05) is 16.3 Å². The lowest BCUT2D eigenvalue weighted by Crippen LogP contribution is -2.14. The maximum Gasteiger partial charge on any atom is 0.212 e. The van der Waals surface area contributed by atoms with Crippen LogP contribution in [0, 0.1) is 6.92 Å². The molecule has 0 aliphatic carbocycles. The Morgan fingerprint density at radius 1 is 1.26 bits per heavy atom. The van der Waals surface area contributed by atoms with E-state index in [1.54, 1.807) is 22.5 Å². The molecule has 1 aliphatic rings. The first-order valence-electron chi connectivity index (χ1n) is 5.23. The fourth-order valence-corrected chi connectivity index (χ4v) is 3.07. The van der Waals surface area contributed by atoms with E-state index in [0.29, 0.717) is 10.0 Å². The van der Waals surface area contributed by atoms with Gasteiger partial charge in [-0.3, -0.25) is 0 Å². The van der Waals surface area contributed by atoms with Crippen LogP contribution in [0.3, 0.4) is 0 Å². The van der Waals surface area contributed by atoms with Gasteiger partial charge >= 0.3 is 0 Å². The summed E-state index contributed by atoms with van der Waals surface area (Å²) in [7, 11) is 0. The maximum absolute atomic E-state index is 6.19. The highest BCUT2D eigenvalue weighted by Crippen LogP contribution is 2.28. The van der Waals surface area contributed by atoms with E-state index in [0.717, 1.165) is 28.0 Å². The molecule has 0 amide bonds. The van der Waals surface area contributed by atoms with Crippen LogP contribution in [0.4, 0.5) is 0 Å². The van der Waals surface area contributed by atoms with E-state index in [1.807, 2.05) is 19.1 Å². The number of rotatable bonds is 1. The van der Waals surface area contributed by atoms with Crippen LogP contribution < -0.4 is 0 Å². The van der Waals surface area contributed by atoms with E-state index in [9.17, 15) is 0 Å². The van der Waals surface area contributed by atoms with Crippen LogP contribution >= 0.6 is 51.9 Å². The molecule has 1 aromatic carbocycles. The monoisotopic (exact) mass is 378 g/mol. The Morgan fingerprint density at radius 3 is 2.79 bits per heavy atom. The molecule has 0 saturated carbocycles. The van der Waals surface area contributed by atoms with E-state index in [-0.39, 0.29) is 17.0 Å². The molecular formula is C11H9BrCl2N4S. The first-order chi connectivity index (χ1) is 8.65. The van der Waals surface area contributed by atoms with Crippen molar-refractivity contribution in [1.29, 1.82) is 0 Å². The largest absolute Gasteiger partial charge is 0.212 e. The number of fused-ring (bicyclic) bond motifs is 1. The fraction of sp³-hybridized carbons (Fsp3) is 0.182. The summed E-state index contributed by atoms with van der Waals surface area (Å²) < 4.78 is 1.73. The minimum absolute atomic E-state index is 0. The molecule has 100 valence electrons. The van der Waals surface area contributed by atoms with Crippen molar-refractivity contribution in [3.05, 3.63) is 39.6 Å². The first kappa shape index (κ1) is 14.8. The molecule has 8 heteroatoms. The third-order valence-electron chi connectivity index (χ3n) is 2.57. The Hall–Kier alpha value is -0.560. The topological polar surface area (TPSA) is 43.1 Å². The molecule has 0 radical (unpaired) electrons. The molecule has 19 heavy (non-hydrogen) atoms. The quantitative estimate of drug-likeness (QED) is 0.756. The SMILES string of the molecule is Br.Cc1nnc2n1N=C(c1ccc(Cl)cc1Cl)CS2. The number of hydrogen-bond acceptors (Lipinski definition) is 4. The summed E-state index contributed by atoms with van der Waals surface area (Å²) in [5.41, 5.74) is 1.80. The zero-order valence-corrected chi connectivity index (χ0v) is 13.8. The van der Waals surface area contributed by atoms with Gasteiger partial charge in [0.2, 0.25) is 5.16 Å². The molecule has 2 aromatic rings. The number of benzene rings is 1. The predicted molar refractivity (Wildman–Crippen MR) is 84.2 cm³/mol. The smallest absolute Gasteiger partial charge is 0.191 e. The summed E-state index contributed by atoms with van der Waals surface area (Å²) in [5, 5.41) is 14.6. The average Bonchev–Trinajstić information content (AvgIpc) is 2.71. The van der Waals surface area contributed by atoms with E-state index in [1.165, 1.54) is 0 Å². The summed E-state index contributed by atoms with van der Waals surface area (Å²) >= 11 is 13.7. The number of aryl methyl sites for hydroxylation is 1. The number of nitrogens with zero attached hydrogens (tertiary/aromatic N) is 4. The van der Waals surface area contributed by atoms with E-state index in [2.05, 4.69) is 15.3 Å². The number of hydrogen-bond donors (Lipinski definition) is 0. The van der Waals surface area contributed by atoms with Gasteiger partial charge in [-0.2, -0.15) is 9.78 Å². The minimum atomic E-state index is 0. The highest BCUT2D eigenvalue weighted by atomic mass is 79.9. The third kappa shape index (κ3) is 2.81. The van der Waals surface area contributed by atoms with Crippen LogP contribution in [-0.2, 0) is 0 Å². The Labute approximate surface area is 135 Å². The number of thioether (sulfide) groups is 1. The molecule has 0 saturated heterocycles. The fourth-order valence-electron chi connectivity index (χ4n) is 1.68. The second-order valence-electron chi connectivity index (χ2n) is 3.80. The van der Waals surface area contributed by atoms with Gasteiger partial charge < -0.3 is 0 Å². The van der Waals surface area contributed by atoms with Crippen LogP contribution in [0.25, 0.3) is 0 Å². The zero-order chi connectivity index (χ0) is 12.7. The summed E-state index contributed by atoms with van der Waals surface area (Å²) in [6.45, 7) is 1.87. The van der Waals surface area contributed by atoms with Crippen molar-refractivity contribution in [2.45, 2.75) is 12.1 Å². The van der Waals surface area contributed by atoms with Crippen molar-refractivity contribution in [2.75, 3.05) is 5.75 Å². The molecule has 1 aromatic heterocycles. The van der Waals surface area contributed by atoms with Crippen molar-refractivity contribution >= 4 is 57.7 Å². The lowest BCUT2D eigenvalue weighted by molar-refractivity contribution is 0.734. The van der Waals surface area contributed by atoms with E-state index < -0.39 is 0 Å². The van der Waals surface area contributed by atoms with Crippen molar-refractivity contribution in [3.8, 4) is 0 Å². The molecule has 0 unspecified atom stereocenters. The highest BCUT2D eigenvalue weighted by molar-refractivity contribution is 8.93. The molecule has 4 nitrogen and oxygen atoms in total. The van der Waals surface area contributed by atoms with Gasteiger partial charge in [-0.05, 0) is 19.1 Å². The summed E-state index contributed by atoms with van der Waals surface area (Å²) in [6, 6.07) is 5.42. The molecular weight excluding hydrogens is 371 g/mol. The lowest BCUT2D eigenvalue weighted by atomic mass is 10.1. The van der Waals surface area contributed by atoms with Gasteiger partial charge in [-0.25, -0.2) is 0 Å². The van der Waals surface area contributed by atoms with Crippen molar-refractivity contribution in [1.82, 2.24) is 14.9 Å². The maximum atomic E-state index is 6.19. The molecule has 1 aliphatic heterocycles. The predicted octanol–water partition coefficient (Wildman–Crippen LogP) is 3.83. The lowest BCUT2D eigenvalue weighted by Gasteiger charge is -2.14. The molecule has 0 N–H and O–H groups in total. The van der Waals surface area contributed by atoms with Crippen LogP contribution in [0.5, 0.6) is 0 Å². The summed E-state index contributed by atoms with van der Waals surface area (Å²) in [5.74, 6) is 1.49. The number of aromatic nitrogens is 3. The highest BCUT2D eigenvalue weighted by Gasteiger charge is 2.19. The third-order valence-corrected chi connectivity index (χ3v) is 4.05. The van der Waals surface area contributed by atoms with Gasteiger partial charge in [-0.15, -0.1) is 27.2 Å². The van der Waals surface area contributed by atoms with Gasteiger partial charge in [0.25, 0.3) is 0 Å². The van der Waals surface area contributed by atoms with Crippen LogP contribution in [0.1, 0.15) is 11.4 Å². The summed E-state index contributed by atoms with van der Waals surface area (Å²) in [6.07, 6.45) is 0. The van der Waals surface area contributed by atoms with Crippen molar-refractivity contribution in [2.24, 2.45) is 5.10 Å². The Bertz CT molecular complexity index is 656. The standard InChI is InChI=1S/C11H8Cl2N4S.BrH/c1-6-14-15-11-17(6)16-10(5-18-11)8-3-2-7(12)4-9(8)13;/h2-4H,5H2,1H3;1H. The van der Waals surface area contributed by atoms with Gasteiger partial charge in [0.1, 0.15) is 0 Å². The molecule has 0 bridgehead atoms. The van der Waals surface area contributed by atoms with Gasteiger partial charge in [0.15, 0.2) is 5.82 Å². The number of halogens is 3. The summed E-state index contributed by atoms with van der Waals surface area (Å²) in [4.78, 5) is 0. The minimum Gasteiger partial charge on any atom is -0.191 e. The van der Waals surface area contributed by atoms with Crippen LogP contribution in [-0.4, -0.2) is 26.3 Å². The normalized spacial score (nSPS) is 13.5. The Balaban J connectivity index is 0.00000133. The van der Waals surface area contributed by atoms with Crippen LogP contribution in [0.15, 0.2) is 28.5 Å². The Kier molecular flexibility index (Phi) is 4.55. The first-order valence-corrected chi connectivity index (χ1v) is 6.97. The molecule has 0 fully saturated rings. The molecule has 2 heterocycles. The second kappa shape index (κ2) is 5.83. The van der Waals surface area contributed by atoms with Gasteiger partial charge in [0.05, 0.1) is 10.7 Å². The Morgan fingerprint density at radius 2 is 2.05 bits per heavy atom. The van der Waals surface area contributed by atoms with E-state index >= 15 is 0 Å². The van der Waals surface area contributed by atoms with Crippen LogP contribution in [0.2, 0.25) is 10.0 Å². The van der Waals surface area contributed by atoms with E-state index in [4.69, 9.17) is 23.2 Å². The molecule has 0 spiro atoms. The zero-order valence-electron chi connectivity index (χ0n) is 9.80. The molecule has 3 rings (SSSR count). The average molecular weight is 380 g/mol. The molecule has 0 atom stereocenters. The van der Waals surface area contributed by atoms with Crippen molar-refractivity contribution < 1.29 is 0 Å². The second-order valence-corrected chi connectivity index (χ2v) is 5.59. The van der Waals surface area contributed by atoms with Crippen molar-refractivity contribution in [3.63, 3.8) is 0 Å². The van der Waals surface area contributed by atoms with Gasteiger partial charge in [-0.1, -0.05) is 41.0 Å².